The van der Waals surface area contributed by atoms with Crippen molar-refractivity contribution in [3.05, 3.63) is 64.9 Å². The van der Waals surface area contributed by atoms with E-state index in [0.29, 0.717) is 28.5 Å². The van der Waals surface area contributed by atoms with E-state index in [0.717, 1.165) is 5.56 Å². The molecule has 0 saturated heterocycles. The summed E-state index contributed by atoms with van der Waals surface area (Å²) in [5, 5.41) is 2.87. The molecule has 2 aromatic rings. The number of rotatable bonds is 8. The van der Waals surface area contributed by atoms with Crippen LogP contribution in [0.15, 0.2) is 53.7 Å². The highest BCUT2D eigenvalue weighted by atomic mass is 16.5. The minimum Gasteiger partial charge on any atom is -0.497 e. The summed E-state index contributed by atoms with van der Waals surface area (Å²) in [7, 11) is 4.66. The Kier molecular flexibility index (Phi) is 7.25. The molecule has 1 N–H and O–H groups in total. The van der Waals surface area contributed by atoms with E-state index in [9.17, 15) is 9.59 Å². The van der Waals surface area contributed by atoms with E-state index in [1.807, 2.05) is 31.2 Å². The molecule has 2 amide bonds. The number of benzene rings is 2. The molecule has 1 aliphatic rings. The van der Waals surface area contributed by atoms with Crippen LogP contribution in [0.3, 0.4) is 0 Å². The van der Waals surface area contributed by atoms with Crippen LogP contribution < -0.4 is 19.5 Å². The number of nitrogens with zero attached hydrogens (tertiary/aromatic N) is 1. The summed E-state index contributed by atoms with van der Waals surface area (Å²) in [5.41, 5.74) is 2.40. The molecule has 8 nitrogen and oxygen atoms in total. The van der Waals surface area contributed by atoms with Crippen LogP contribution in [0.1, 0.15) is 24.1 Å². The van der Waals surface area contributed by atoms with Crippen molar-refractivity contribution < 1.29 is 28.5 Å². The molecule has 170 valence electrons. The van der Waals surface area contributed by atoms with Gasteiger partial charge in [-0.2, -0.15) is 0 Å². The van der Waals surface area contributed by atoms with Gasteiger partial charge in [0, 0.05) is 18.7 Å². The molecule has 0 unspecified atom stereocenters. The third-order valence-corrected chi connectivity index (χ3v) is 5.22. The number of carbonyl (C=O) groups excluding carboxylic acids is 2. The SMILES string of the molecule is CCOC(=O)C1=C(COc2ccc(C)cc2)N(C)C(=O)N[C@H]1c1ccc(OC)cc1OC. The molecule has 1 heterocycles. The lowest BCUT2D eigenvalue weighted by Gasteiger charge is -2.35. The van der Waals surface area contributed by atoms with E-state index in [-0.39, 0.29) is 24.8 Å². The smallest absolute Gasteiger partial charge is 0.338 e. The first-order valence-corrected chi connectivity index (χ1v) is 10.2. The third-order valence-electron chi connectivity index (χ3n) is 5.22. The highest BCUT2D eigenvalue weighted by Crippen LogP contribution is 2.37. The van der Waals surface area contributed by atoms with E-state index < -0.39 is 12.0 Å². The second kappa shape index (κ2) is 10.1. The molecule has 0 spiro atoms. The van der Waals surface area contributed by atoms with Crippen LogP contribution in [0.2, 0.25) is 0 Å². The Morgan fingerprint density at radius 3 is 2.38 bits per heavy atom. The zero-order valence-electron chi connectivity index (χ0n) is 18.9. The molecule has 0 aromatic heterocycles. The Bertz CT molecular complexity index is 1020. The number of esters is 1. The first-order valence-electron chi connectivity index (χ1n) is 10.2. The Morgan fingerprint density at radius 1 is 1.06 bits per heavy atom. The standard InChI is InChI=1S/C24H28N2O6/c1-6-31-23(27)21-19(14-32-16-9-7-15(2)8-10-16)26(3)24(28)25-22(21)18-12-11-17(29-4)13-20(18)30-5/h7-13,22H,6,14H2,1-5H3,(H,25,28)/t22-/m0/s1. The highest BCUT2D eigenvalue weighted by Gasteiger charge is 2.38. The summed E-state index contributed by atoms with van der Waals surface area (Å²) in [6.45, 7) is 3.92. The fraction of sp³-hybridized carbons (Fsp3) is 0.333. The summed E-state index contributed by atoms with van der Waals surface area (Å²) >= 11 is 0. The normalized spacial score (nSPS) is 15.8. The van der Waals surface area contributed by atoms with Gasteiger partial charge in [0.25, 0.3) is 0 Å². The van der Waals surface area contributed by atoms with Gasteiger partial charge in [0.1, 0.15) is 23.9 Å². The maximum Gasteiger partial charge on any atom is 0.338 e. The number of methoxy groups -OCH3 is 2. The summed E-state index contributed by atoms with van der Waals surface area (Å²) in [6.07, 6.45) is 0. The number of urea groups is 1. The van der Waals surface area contributed by atoms with Crippen molar-refractivity contribution in [1.82, 2.24) is 10.2 Å². The zero-order chi connectivity index (χ0) is 23.3. The van der Waals surface area contributed by atoms with Gasteiger partial charge >= 0.3 is 12.0 Å². The van der Waals surface area contributed by atoms with Gasteiger partial charge in [-0.05, 0) is 38.1 Å². The van der Waals surface area contributed by atoms with Crippen molar-refractivity contribution in [2.45, 2.75) is 19.9 Å². The predicted molar refractivity (Wildman–Crippen MR) is 119 cm³/mol. The second-order valence-electron chi connectivity index (χ2n) is 7.23. The summed E-state index contributed by atoms with van der Waals surface area (Å²) < 4.78 is 22.0. The molecular formula is C24H28N2O6. The van der Waals surface area contributed by atoms with Crippen molar-refractivity contribution in [3.63, 3.8) is 0 Å². The van der Waals surface area contributed by atoms with E-state index in [4.69, 9.17) is 18.9 Å². The van der Waals surface area contributed by atoms with Crippen molar-refractivity contribution in [3.8, 4) is 17.2 Å². The lowest BCUT2D eigenvalue weighted by atomic mass is 9.94. The number of carbonyl (C=O) groups is 2. The van der Waals surface area contributed by atoms with Crippen molar-refractivity contribution in [2.24, 2.45) is 0 Å². The van der Waals surface area contributed by atoms with Crippen LogP contribution in [0, 0.1) is 6.92 Å². The first-order chi connectivity index (χ1) is 15.4. The fourth-order valence-corrected chi connectivity index (χ4v) is 3.46. The number of amides is 2. The topological polar surface area (TPSA) is 86.3 Å². The Morgan fingerprint density at radius 2 is 1.75 bits per heavy atom. The van der Waals surface area contributed by atoms with Gasteiger partial charge in [0.2, 0.25) is 0 Å². The minimum absolute atomic E-state index is 0.0100. The molecule has 0 radical (unpaired) electrons. The monoisotopic (exact) mass is 440 g/mol. The van der Waals surface area contributed by atoms with Gasteiger partial charge in [0.15, 0.2) is 0 Å². The first kappa shape index (κ1) is 23.0. The van der Waals surface area contributed by atoms with Gasteiger partial charge in [0.05, 0.1) is 38.1 Å². The van der Waals surface area contributed by atoms with Crippen LogP contribution in [-0.2, 0) is 9.53 Å². The summed E-state index contributed by atoms with van der Waals surface area (Å²) in [5.74, 6) is 1.16. The largest absolute Gasteiger partial charge is 0.497 e. The van der Waals surface area contributed by atoms with E-state index in [2.05, 4.69) is 5.32 Å². The molecule has 1 atom stereocenters. The van der Waals surface area contributed by atoms with Crippen LogP contribution in [0.4, 0.5) is 4.79 Å². The van der Waals surface area contributed by atoms with Crippen molar-refractivity contribution >= 4 is 12.0 Å². The van der Waals surface area contributed by atoms with Crippen LogP contribution in [0.25, 0.3) is 0 Å². The minimum atomic E-state index is -0.782. The maximum absolute atomic E-state index is 13.0. The zero-order valence-corrected chi connectivity index (χ0v) is 18.9. The molecule has 0 aliphatic carbocycles. The number of ether oxygens (including phenoxy) is 4. The summed E-state index contributed by atoms with van der Waals surface area (Å²) in [6, 6.07) is 11.6. The van der Waals surface area contributed by atoms with Crippen LogP contribution >= 0.6 is 0 Å². The van der Waals surface area contributed by atoms with Gasteiger partial charge in [-0.25, -0.2) is 9.59 Å². The number of nitrogens with one attached hydrogen (secondary N) is 1. The maximum atomic E-state index is 13.0. The lowest BCUT2D eigenvalue weighted by molar-refractivity contribution is -0.139. The Labute approximate surface area is 187 Å². The third kappa shape index (κ3) is 4.80. The molecule has 1 aliphatic heterocycles. The second-order valence-corrected chi connectivity index (χ2v) is 7.23. The highest BCUT2D eigenvalue weighted by molar-refractivity contribution is 5.95. The fourth-order valence-electron chi connectivity index (χ4n) is 3.46. The molecule has 0 saturated carbocycles. The van der Waals surface area contributed by atoms with Crippen molar-refractivity contribution in [2.75, 3.05) is 34.5 Å². The lowest BCUT2D eigenvalue weighted by Crippen LogP contribution is -2.48. The number of aryl methyl sites for hydroxylation is 1. The van der Waals surface area contributed by atoms with E-state index in [1.165, 1.54) is 12.0 Å². The van der Waals surface area contributed by atoms with Crippen molar-refractivity contribution in [1.29, 1.82) is 0 Å². The van der Waals surface area contributed by atoms with E-state index in [1.54, 1.807) is 39.3 Å². The predicted octanol–water partition coefficient (Wildman–Crippen LogP) is 3.60. The van der Waals surface area contributed by atoms with Gasteiger partial charge in [-0.15, -0.1) is 0 Å². The molecule has 3 rings (SSSR count). The molecule has 0 fully saturated rings. The van der Waals surface area contributed by atoms with Crippen LogP contribution in [-0.4, -0.2) is 51.4 Å². The molecule has 8 heteroatoms. The number of likely N-dealkylation sites (N-methyl/N-ethyl adjacent to an activating group) is 1. The molecule has 0 bridgehead atoms. The van der Waals surface area contributed by atoms with Gasteiger partial charge in [-0.1, -0.05) is 17.7 Å². The average Bonchev–Trinajstić information content (AvgIpc) is 2.80. The molecule has 32 heavy (non-hydrogen) atoms. The Hall–Kier alpha value is -3.68. The summed E-state index contributed by atoms with van der Waals surface area (Å²) in [4.78, 5) is 27.2. The Balaban J connectivity index is 2.08. The molecule has 2 aromatic carbocycles. The van der Waals surface area contributed by atoms with Gasteiger partial charge in [-0.3, -0.25) is 4.90 Å². The number of hydrogen-bond donors (Lipinski definition) is 1. The average molecular weight is 440 g/mol. The number of hydrogen-bond acceptors (Lipinski definition) is 6. The quantitative estimate of drug-likeness (QED) is 0.631. The van der Waals surface area contributed by atoms with Gasteiger partial charge < -0.3 is 24.3 Å². The van der Waals surface area contributed by atoms with Crippen LogP contribution in [0.5, 0.6) is 17.2 Å². The van der Waals surface area contributed by atoms with E-state index >= 15 is 0 Å². The molecular weight excluding hydrogens is 412 g/mol.